The van der Waals surface area contributed by atoms with E-state index in [1.807, 2.05) is 24.0 Å². The average molecular weight is 265 g/mol. The van der Waals surface area contributed by atoms with E-state index >= 15 is 0 Å². The van der Waals surface area contributed by atoms with Crippen LogP contribution in [-0.4, -0.2) is 48.2 Å². The lowest BCUT2D eigenvalue weighted by molar-refractivity contribution is -0.151. The van der Waals surface area contributed by atoms with Crippen molar-refractivity contribution >= 4 is 11.9 Å². The van der Waals surface area contributed by atoms with Crippen LogP contribution in [0.3, 0.4) is 0 Å². The van der Waals surface area contributed by atoms with Crippen LogP contribution in [0.15, 0.2) is 12.2 Å². The summed E-state index contributed by atoms with van der Waals surface area (Å²) in [6, 6.07) is 0.168. The Bertz CT molecular complexity index is 460. The van der Waals surface area contributed by atoms with Crippen molar-refractivity contribution in [2.24, 2.45) is 11.8 Å². The molecule has 2 saturated heterocycles. The summed E-state index contributed by atoms with van der Waals surface area (Å²) in [7, 11) is 1.36. The zero-order chi connectivity index (χ0) is 13.8. The number of fused-ring (bicyclic) bond motifs is 1. The summed E-state index contributed by atoms with van der Waals surface area (Å²) < 4.78 is 10.8. The fourth-order valence-corrected chi connectivity index (χ4v) is 3.53. The molecule has 0 aromatic rings. The summed E-state index contributed by atoms with van der Waals surface area (Å²) in [6.07, 6.45) is 4.44. The summed E-state index contributed by atoms with van der Waals surface area (Å²) in [6.45, 7) is 4.63. The number of methoxy groups -OCH3 is 1. The quantitative estimate of drug-likeness (QED) is 0.558. The second kappa shape index (κ2) is 4.07. The third-order valence-electron chi connectivity index (χ3n) is 4.73. The number of hydrogen-bond acceptors (Lipinski definition) is 4. The van der Waals surface area contributed by atoms with E-state index in [1.54, 1.807) is 0 Å². The average Bonchev–Trinajstić information content (AvgIpc) is 3.05. The minimum Gasteiger partial charge on any atom is -0.469 e. The molecule has 0 radical (unpaired) electrons. The van der Waals surface area contributed by atoms with E-state index < -0.39 is 17.4 Å². The zero-order valence-corrected chi connectivity index (χ0v) is 11.5. The van der Waals surface area contributed by atoms with E-state index in [-0.39, 0.29) is 24.0 Å². The maximum atomic E-state index is 12.6. The number of esters is 1. The van der Waals surface area contributed by atoms with Gasteiger partial charge in [-0.3, -0.25) is 9.59 Å². The topological polar surface area (TPSA) is 55.8 Å². The molecule has 0 N–H and O–H groups in total. The monoisotopic (exact) mass is 265 g/mol. The van der Waals surface area contributed by atoms with Gasteiger partial charge in [0, 0.05) is 6.04 Å². The Morgan fingerprint density at radius 2 is 2.42 bits per heavy atom. The van der Waals surface area contributed by atoms with Gasteiger partial charge >= 0.3 is 5.97 Å². The summed E-state index contributed by atoms with van der Waals surface area (Å²) in [5.41, 5.74) is -0.607. The molecule has 2 bridgehead atoms. The SMILES string of the molecule is CC[C@H](C)N1C[C@@]23C=C[C@H](O2)[C@H](C(=O)OC)[C@@H]3C1=O. The molecule has 1 spiro atoms. The van der Waals surface area contributed by atoms with Gasteiger partial charge in [-0.1, -0.05) is 19.1 Å². The van der Waals surface area contributed by atoms with Gasteiger partial charge in [0.2, 0.25) is 5.91 Å². The highest BCUT2D eigenvalue weighted by Crippen LogP contribution is 2.52. The lowest BCUT2D eigenvalue weighted by Gasteiger charge is -2.26. The first-order valence-corrected chi connectivity index (χ1v) is 6.79. The lowest BCUT2D eigenvalue weighted by Crippen LogP contribution is -2.40. The number of nitrogens with zero attached hydrogens (tertiary/aromatic N) is 1. The van der Waals surface area contributed by atoms with Crippen LogP contribution in [0.5, 0.6) is 0 Å². The number of ether oxygens (including phenoxy) is 2. The van der Waals surface area contributed by atoms with Gasteiger partial charge in [-0.05, 0) is 13.3 Å². The third kappa shape index (κ3) is 1.51. The molecule has 2 fully saturated rings. The molecule has 5 atom stereocenters. The summed E-state index contributed by atoms with van der Waals surface area (Å²) in [5.74, 6) is -1.22. The maximum absolute atomic E-state index is 12.6. The van der Waals surface area contributed by atoms with Crippen LogP contribution in [-0.2, 0) is 19.1 Å². The Labute approximate surface area is 112 Å². The van der Waals surface area contributed by atoms with E-state index in [2.05, 4.69) is 6.92 Å². The van der Waals surface area contributed by atoms with Crippen molar-refractivity contribution in [2.75, 3.05) is 13.7 Å². The van der Waals surface area contributed by atoms with Crippen LogP contribution in [0.25, 0.3) is 0 Å². The van der Waals surface area contributed by atoms with Crippen molar-refractivity contribution < 1.29 is 19.1 Å². The van der Waals surface area contributed by atoms with Gasteiger partial charge in [-0.15, -0.1) is 0 Å². The predicted octanol–water partition coefficient (Wildman–Crippen LogP) is 0.740. The van der Waals surface area contributed by atoms with Crippen molar-refractivity contribution in [1.82, 2.24) is 4.90 Å². The first kappa shape index (κ1) is 12.7. The maximum Gasteiger partial charge on any atom is 0.312 e. The molecule has 3 aliphatic heterocycles. The molecule has 19 heavy (non-hydrogen) atoms. The van der Waals surface area contributed by atoms with E-state index in [1.165, 1.54) is 7.11 Å². The minimum atomic E-state index is -0.607. The number of rotatable bonds is 3. The molecule has 0 aromatic heterocycles. The molecule has 0 unspecified atom stereocenters. The first-order valence-electron chi connectivity index (χ1n) is 6.79. The van der Waals surface area contributed by atoms with Crippen LogP contribution in [0.4, 0.5) is 0 Å². The highest BCUT2D eigenvalue weighted by atomic mass is 16.5. The number of carbonyl (C=O) groups excluding carboxylic acids is 2. The second-order valence-electron chi connectivity index (χ2n) is 5.65. The number of carbonyl (C=O) groups is 2. The number of hydrogen-bond donors (Lipinski definition) is 0. The largest absolute Gasteiger partial charge is 0.469 e. The van der Waals surface area contributed by atoms with Crippen molar-refractivity contribution in [2.45, 2.75) is 38.0 Å². The Balaban J connectivity index is 1.95. The van der Waals surface area contributed by atoms with Crippen LogP contribution in [0.2, 0.25) is 0 Å². The molecular weight excluding hydrogens is 246 g/mol. The summed E-state index contributed by atoms with van der Waals surface area (Å²) >= 11 is 0. The van der Waals surface area contributed by atoms with Gasteiger partial charge in [0.15, 0.2) is 0 Å². The molecule has 3 aliphatic rings. The minimum absolute atomic E-state index is 0.0246. The smallest absolute Gasteiger partial charge is 0.312 e. The van der Waals surface area contributed by atoms with Gasteiger partial charge in [0.1, 0.15) is 11.5 Å². The fraction of sp³-hybridized carbons (Fsp3) is 0.714. The van der Waals surface area contributed by atoms with Gasteiger partial charge in [0.05, 0.1) is 25.7 Å². The zero-order valence-electron chi connectivity index (χ0n) is 11.5. The molecular formula is C14H19NO4. The van der Waals surface area contributed by atoms with Crippen LogP contribution >= 0.6 is 0 Å². The molecule has 104 valence electrons. The first-order chi connectivity index (χ1) is 9.04. The lowest BCUT2D eigenvalue weighted by atomic mass is 9.77. The second-order valence-corrected chi connectivity index (χ2v) is 5.65. The van der Waals surface area contributed by atoms with Crippen molar-refractivity contribution in [3.63, 3.8) is 0 Å². The standard InChI is InChI=1S/C14H19NO4/c1-4-8(2)15-7-14-6-5-9(19-14)10(13(17)18-3)11(14)12(15)16/h5-6,8-11H,4,7H2,1-3H3/t8-,9-,10-,11+,14+/m0/s1. The van der Waals surface area contributed by atoms with Gasteiger partial charge in [-0.25, -0.2) is 0 Å². The van der Waals surface area contributed by atoms with Gasteiger partial charge in [0.25, 0.3) is 0 Å². The van der Waals surface area contributed by atoms with E-state index in [9.17, 15) is 9.59 Å². The summed E-state index contributed by atoms with van der Waals surface area (Å²) in [5, 5.41) is 0. The van der Waals surface area contributed by atoms with Crippen molar-refractivity contribution in [3.05, 3.63) is 12.2 Å². The number of amides is 1. The van der Waals surface area contributed by atoms with Crippen molar-refractivity contribution in [3.8, 4) is 0 Å². The molecule has 3 heterocycles. The highest BCUT2D eigenvalue weighted by Gasteiger charge is 2.67. The Morgan fingerprint density at radius 3 is 3.05 bits per heavy atom. The normalized spacial score (nSPS) is 40.7. The highest BCUT2D eigenvalue weighted by molar-refractivity contribution is 5.91. The molecule has 3 rings (SSSR count). The van der Waals surface area contributed by atoms with Crippen molar-refractivity contribution in [1.29, 1.82) is 0 Å². The fourth-order valence-electron chi connectivity index (χ4n) is 3.53. The molecule has 0 aromatic carbocycles. The molecule has 0 aliphatic carbocycles. The molecule has 5 nitrogen and oxygen atoms in total. The third-order valence-corrected chi connectivity index (χ3v) is 4.73. The van der Waals surface area contributed by atoms with E-state index in [0.29, 0.717) is 6.54 Å². The molecule has 1 amide bonds. The predicted molar refractivity (Wildman–Crippen MR) is 67.2 cm³/mol. The summed E-state index contributed by atoms with van der Waals surface area (Å²) in [4.78, 5) is 26.4. The van der Waals surface area contributed by atoms with Gasteiger partial charge < -0.3 is 14.4 Å². The van der Waals surface area contributed by atoms with Gasteiger partial charge in [-0.2, -0.15) is 0 Å². The van der Waals surface area contributed by atoms with E-state index in [4.69, 9.17) is 9.47 Å². The van der Waals surface area contributed by atoms with Crippen LogP contribution in [0.1, 0.15) is 20.3 Å². The Kier molecular flexibility index (Phi) is 2.71. The van der Waals surface area contributed by atoms with Crippen LogP contribution < -0.4 is 0 Å². The van der Waals surface area contributed by atoms with Crippen LogP contribution in [0, 0.1) is 11.8 Å². The van der Waals surface area contributed by atoms with E-state index in [0.717, 1.165) is 6.42 Å². The molecule has 5 heteroatoms. The number of likely N-dealkylation sites (tertiary alicyclic amines) is 1. The molecule has 0 saturated carbocycles. The Morgan fingerprint density at radius 1 is 1.68 bits per heavy atom. The Hall–Kier alpha value is -1.36.